The summed E-state index contributed by atoms with van der Waals surface area (Å²) in [7, 11) is 0. The maximum atomic E-state index is 11.0. The minimum Gasteiger partial charge on any atom is -0.392 e. The Hall–Kier alpha value is -0.850. The third kappa shape index (κ3) is 2.12. The lowest BCUT2D eigenvalue weighted by Crippen LogP contribution is -2.22. The average molecular weight is 323 g/mol. The van der Waals surface area contributed by atoms with Crippen LogP contribution in [0.3, 0.4) is 0 Å². The predicted octanol–water partition coefficient (Wildman–Crippen LogP) is 2.35. The van der Waals surface area contributed by atoms with Crippen LogP contribution in [-0.2, 0) is 6.42 Å². The summed E-state index contributed by atoms with van der Waals surface area (Å²) >= 11 is 3.25. The standard InChI is InChI=1S/C10H12BrN3O2.ClH/c1-4-5-2-7(11)9(13)10(14(15)16)6(5)3-8(4)12;/h2,4,8H,3,12-13H2,1H3;1H. The van der Waals surface area contributed by atoms with Gasteiger partial charge in [0, 0.05) is 16.1 Å². The minimum atomic E-state index is -0.427. The second-order valence-corrected chi connectivity index (χ2v) is 4.96. The second-order valence-electron chi connectivity index (χ2n) is 4.10. The van der Waals surface area contributed by atoms with Gasteiger partial charge in [0.05, 0.1) is 4.92 Å². The van der Waals surface area contributed by atoms with Crippen LogP contribution in [0.4, 0.5) is 11.4 Å². The molecule has 5 nitrogen and oxygen atoms in total. The molecule has 0 aromatic heterocycles. The lowest BCUT2D eigenvalue weighted by molar-refractivity contribution is -0.384. The number of nitrogens with zero attached hydrogens (tertiary/aromatic N) is 1. The highest BCUT2D eigenvalue weighted by atomic mass is 79.9. The number of benzene rings is 1. The van der Waals surface area contributed by atoms with Gasteiger partial charge in [-0.05, 0) is 39.9 Å². The lowest BCUT2D eigenvalue weighted by Gasteiger charge is -2.10. The number of rotatable bonds is 1. The molecule has 0 amide bonds. The molecule has 1 aromatic rings. The van der Waals surface area contributed by atoms with Crippen LogP contribution in [0.25, 0.3) is 0 Å². The Morgan fingerprint density at radius 2 is 2.18 bits per heavy atom. The summed E-state index contributed by atoms with van der Waals surface area (Å²) in [6.45, 7) is 1.98. The number of fused-ring (bicyclic) bond motifs is 1. The van der Waals surface area contributed by atoms with Gasteiger partial charge in [0.1, 0.15) is 5.69 Å². The molecule has 0 radical (unpaired) electrons. The van der Waals surface area contributed by atoms with Gasteiger partial charge >= 0.3 is 0 Å². The SMILES string of the molecule is CC1c2cc(Br)c(N)c([N+](=O)[O-])c2CC1N.Cl. The van der Waals surface area contributed by atoms with Gasteiger partial charge in [-0.3, -0.25) is 10.1 Å². The normalized spacial score (nSPS) is 21.8. The fraction of sp³-hybridized carbons (Fsp3) is 0.400. The molecular formula is C10H13BrClN3O2. The van der Waals surface area contributed by atoms with Crippen LogP contribution < -0.4 is 11.5 Å². The summed E-state index contributed by atoms with van der Waals surface area (Å²) in [5, 5.41) is 11.0. The highest BCUT2D eigenvalue weighted by molar-refractivity contribution is 9.10. The highest BCUT2D eigenvalue weighted by Gasteiger charge is 2.34. The van der Waals surface area contributed by atoms with Gasteiger partial charge in [-0.1, -0.05) is 6.92 Å². The van der Waals surface area contributed by atoms with Gasteiger partial charge in [-0.25, -0.2) is 0 Å². The fourth-order valence-electron chi connectivity index (χ4n) is 2.19. The van der Waals surface area contributed by atoms with Gasteiger partial charge in [0.15, 0.2) is 0 Å². The van der Waals surface area contributed by atoms with Crippen molar-refractivity contribution in [3.8, 4) is 0 Å². The number of anilines is 1. The molecule has 4 N–H and O–H groups in total. The molecule has 2 atom stereocenters. The van der Waals surface area contributed by atoms with Crippen molar-refractivity contribution in [1.29, 1.82) is 0 Å². The molecule has 2 rings (SSSR count). The number of nitrogen functional groups attached to an aromatic ring is 1. The molecule has 0 heterocycles. The van der Waals surface area contributed by atoms with Crippen molar-refractivity contribution in [2.45, 2.75) is 25.3 Å². The van der Waals surface area contributed by atoms with E-state index in [2.05, 4.69) is 15.9 Å². The lowest BCUT2D eigenvalue weighted by atomic mass is 10.0. The molecule has 0 aliphatic heterocycles. The number of hydrogen-bond donors (Lipinski definition) is 2. The molecule has 17 heavy (non-hydrogen) atoms. The largest absolute Gasteiger partial charge is 0.392 e. The molecule has 7 heteroatoms. The van der Waals surface area contributed by atoms with Crippen molar-refractivity contribution in [1.82, 2.24) is 0 Å². The number of nitro groups is 1. The molecule has 1 aliphatic carbocycles. The van der Waals surface area contributed by atoms with Gasteiger partial charge in [0.25, 0.3) is 5.69 Å². The third-order valence-electron chi connectivity index (χ3n) is 3.18. The Morgan fingerprint density at radius 1 is 1.59 bits per heavy atom. The zero-order chi connectivity index (χ0) is 12.0. The summed E-state index contributed by atoms with van der Waals surface area (Å²) in [4.78, 5) is 10.6. The predicted molar refractivity (Wildman–Crippen MR) is 72.6 cm³/mol. The van der Waals surface area contributed by atoms with Crippen LogP contribution >= 0.6 is 28.3 Å². The van der Waals surface area contributed by atoms with E-state index in [1.54, 1.807) is 0 Å². The topological polar surface area (TPSA) is 95.2 Å². The van der Waals surface area contributed by atoms with Crippen LogP contribution in [0.2, 0.25) is 0 Å². The van der Waals surface area contributed by atoms with Crippen molar-refractivity contribution < 1.29 is 4.92 Å². The van der Waals surface area contributed by atoms with E-state index in [0.29, 0.717) is 16.5 Å². The van der Waals surface area contributed by atoms with E-state index in [0.717, 1.165) is 5.56 Å². The molecule has 1 aromatic carbocycles. The molecular weight excluding hydrogens is 309 g/mol. The molecule has 0 saturated carbocycles. The summed E-state index contributed by atoms with van der Waals surface area (Å²) in [5.41, 5.74) is 13.4. The average Bonchev–Trinajstić information content (AvgIpc) is 2.45. The van der Waals surface area contributed by atoms with Gasteiger partial charge in [-0.2, -0.15) is 0 Å². The van der Waals surface area contributed by atoms with Crippen LogP contribution in [-0.4, -0.2) is 11.0 Å². The van der Waals surface area contributed by atoms with Gasteiger partial charge in [-0.15, -0.1) is 12.4 Å². The van der Waals surface area contributed by atoms with Crippen LogP contribution in [0.15, 0.2) is 10.5 Å². The van der Waals surface area contributed by atoms with E-state index in [1.807, 2.05) is 13.0 Å². The van der Waals surface area contributed by atoms with E-state index in [1.165, 1.54) is 0 Å². The smallest absolute Gasteiger partial charge is 0.296 e. The minimum absolute atomic E-state index is 0. The van der Waals surface area contributed by atoms with Crippen molar-refractivity contribution in [3.05, 3.63) is 31.8 Å². The quantitative estimate of drug-likeness (QED) is 0.471. The fourth-order valence-corrected chi connectivity index (χ4v) is 2.62. The van der Waals surface area contributed by atoms with E-state index >= 15 is 0 Å². The summed E-state index contributed by atoms with van der Waals surface area (Å²) in [6.07, 6.45) is 0.518. The first-order chi connectivity index (χ1) is 7.43. The number of nitrogens with two attached hydrogens (primary N) is 2. The van der Waals surface area contributed by atoms with E-state index in [9.17, 15) is 10.1 Å². The zero-order valence-electron chi connectivity index (χ0n) is 9.14. The molecule has 2 unspecified atom stereocenters. The Morgan fingerprint density at radius 3 is 2.71 bits per heavy atom. The van der Waals surface area contributed by atoms with Crippen LogP contribution in [0.1, 0.15) is 24.0 Å². The summed E-state index contributed by atoms with van der Waals surface area (Å²) in [5.74, 6) is 0.130. The maximum absolute atomic E-state index is 11.0. The van der Waals surface area contributed by atoms with Crippen molar-refractivity contribution in [2.24, 2.45) is 5.73 Å². The Balaban J connectivity index is 0.00000144. The van der Waals surface area contributed by atoms with Crippen molar-refractivity contribution >= 4 is 39.7 Å². The Kier molecular flexibility index (Phi) is 4.01. The molecule has 1 aliphatic rings. The van der Waals surface area contributed by atoms with Gasteiger partial charge in [0.2, 0.25) is 0 Å². The molecule has 94 valence electrons. The molecule has 0 spiro atoms. The highest BCUT2D eigenvalue weighted by Crippen LogP contribution is 2.43. The third-order valence-corrected chi connectivity index (χ3v) is 3.84. The number of nitro benzene ring substituents is 1. The molecule has 0 fully saturated rings. The van der Waals surface area contributed by atoms with E-state index < -0.39 is 4.92 Å². The first kappa shape index (κ1) is 14.2. The van der Waals surface area contributed by atoms with Gasteiger partial charge < -0.3 is 11.5 Å². The van der Waals surface area contributed by atoms with Crippen molar-refractivity contribution in [2.75, 3.05) is 5.73 Å². The Labute approximate surface area is 113 Å². The molecule has 0 saturated heterocycles. The molecule has 0 bridgehead atoms. The van der Waals surface area contributed by atoms with E-state index in [-0.39, 0.29) is 35.7 Å². The van der Waals surface area contributed by atoms with Crippen LogP contribution in [0.5, 0.6) is 0 Å². The monoisotopic (exact) mass is 321 g/mol. The Bertz CT molecular complexity index is 481. The summed E-state index contributed by atoms with van der Waals surface area (Å²) < 4.78 is 0.568. The first-order valence-electron chi connectivity index (χ1n) is 4.94. The zero-order valence-corrected chi connectivity index (χ0v) is 11.5. The second kappa shape index (κ2) is 4.80. The first-order valence-corrected chi connectivity index (χ1v) is 5.73. The summed E-state index contributed by atoms with van der Waals surface area (Å²) in [6, 6.07) is 1.78. The van der Waals surface area contributed by atoms with Crippen LogP contribution in [0, 0.1) is 10.1 Å². The van der Waals surface area contributed by atoms with E-state index in [4.69, 9.17) is 11.5 Å². The van der Waals surface area contributed by atoms with Crippen molar-refractivity contribution in [3.63, 3.8) is 0 Å². The maximum Gasteiger partial charge on any atom is 0.296 e. The number of halogens is 2. The number of hydrogen-bond acceptors (Lipinski definition) is 4.